The molecule has 0 saturated carbocycles. The Morgan fingerprint density at radius 2 is 2.11 bits per heavy atom. The quantitative estimate of drug-likeness (QED) is 0.831. The molecule has 1 aliphatic rings. The Morgan fingerprint density at radius 3 is 2.79 bits per heavy atom. The van der Waals surface area contributed by atoms with Crippen molar-refractivity contribution in [2.24, 2.45) is 11.7 Å². The van der Waals surface area contributed by atoms with Crippen LogP contribution in [0.1, 0.15) is 18.1 Å². The summed E-state index contributed by atoms with van der Waals surface area (Å²) in [7, 11) is 0. The first kappa shape index (κ1) is 13.7. The van der Waals surface area contributed by atoms with E-state index in [1.165, 1.54) is 0 Å². The van der Waals surface area contributed by atoms with Crippen molar-refractivity contribution in [2.45, 2.75) is 20.3 Å². The number of carbonyl (C=O) groups is 1. The monoisotopic (exact) mass is 264 g/mol. The van der Waals surface area contributed by atoms with Crippen LogP contribution >= 0.6 is 0 Å². The van der Waals surface area contributed by atoms with Crippen LogP contribution in [0, 0.1) is 12.8 Å². The van der Waals surface area contributed by atoms with E-state index in [-0.39, 0.29) is 12.7 Å². The Hall–Kier alpha value is -1.75. The van der Waals surface area contributed by atoms with Gasteiger partial charge in [0.15, 0.2) is 11.5 Å². The maximum absolute atomic E-state index is 11.9. The highest BCUT2D eigenvalue weighted by Crippen LogP contribution is 2.34. The first-order valence-corrected chi connectivity index (χ1v) is 6.46. The number of nitrogens with two attached hydrogens (primary N) is 1. The van der Waals surface area contributed by atoms with Gasteiger partial charge in [-0.15, -0.1) is 0 Å². The van der Waals surface area contributed by atoms with Crippen LogP contribution in [0.3, 0.4) is 0 Å². The second-order valence-electron chi connectivity index (χ2n) is 4.95. The van der Waals surface area contributed by atoms with Gasteiger partial charge in [0, 0.05) is 6.54 Å². The van der Waals surface area contributed by atoms with Crippen LogP contribution in [-0.4, -0.2) is 25.8 Å². The van der Waals surface area contributed by atoms with E-state index in [9.17, 15) is 4.79 Å². The fourth-order valence-electron chi connectivity index (χ4n) is 1.88. The van der Waals surface area contributed by atoms with Gasteiger partial charge < -0.3 is 20.5 Å². The molecule has 5 heteroatoms. The van der Waals surface area contributed by atoms with Gasteiger partial charge in [0.05, 0.1) is 6.42 Å². The predicted octanol–water partition coefficient (Wildman–Crippen LogP) is 0.977. The molecule has 0 bridgehead atoms. The molecular weight excluding hydrogens is 244 g/mol. The van der Waals surface area contributed by atoms with E-state index in [1.54, 1.807) is 0 Å². The lowest BCUT2D eigenvalue weighted by Gasteiger charge is -2.11. The van der Waals surface area contributed by atoms with Gasteiger partial charge in [-0.2, -0.15) is 0 Å². The van der Waals surface area contributed by atoms with Crippen LogP contribution in [-0.2, 0) is 11.2 Å². The largest absolute Gasteiger partial charge is 0.454 e. The first-order valence-electron chi connectivity index (χ1n) is 6.46. The van der Waals surface area contributed by atoms with E-state index in [2.05, 4.69) is 5.32 Å². The van der Waals surface area contributed by atoms with Crippen molar-refractivity contribution >= 4 is 5.91 Å². The van der Waals surface area contributed by atoms with Gasteiger partial charge in [0.2, 0.25) is 12.7 Å². The summed E-state index contributed by atoms with van der Waals surface area (Å²) >= 11 is 0. The molecule has 0 spiro atoms. The van der Waals surface area contributed by atoms with Crippen LogP contribution in [0.2, 0.25) is 0 Å². The number of benzene rings is 1. The molecule has 1 aromatic rings. The lowest BCUT2D eigenvalue weighted by Crippen LogP contribution is -2.32. The summed E-state index contributed by atoms with van der Waals surface area (Å²) in [6, 6.07) is 3.79. The molecule has 1 unspecified atom stereocenters. The highest BCUT2D eigenvalue weighted by Gasteiger charge is 2.17. The van der Waals surface area contributed by atoms with E-state index in [0.717, 1.165) is 16.9 Å². The average Bonchev–Trinajstić information content (AvgIpc) is 2.83. The molecule has 0 saturated heterocycles. The molecular formula is C14H20N2O3. The van der Waals surface area contributed by atoms with E-state index < -0.39 is 0 Å². The summed E-state index contributed by atoms with van der Waals surface area (Å²) in [4.78, 5) is 11.9. The van der Waals surface area contributed by atoms with Crippen LogP contribution in [0.5, 0.6) is 11.5 Å². The van der Waals surface area contributed by atoms with Crippen molar-refractivity contribution in [3.63, 3.8) is 0 Å². The van der Waals surface area contributed by atoms with E-state index in [0.29, 0.717) is 31.2 Å². The highest BCUT2D eigenvalue weighted by molar-refractivity contribution is 5.79. The lowest BCUT2D eigenvalue weighted by molar-refractivity contribution is -0.120. The Bertz CT molecular complexity index is 474. The van der Waals surface area contributed by atoms with Crippen LogP contribution < -0.4 is 20.5 Å². The van der Waals surface area contributed by atoms with Crippen molar-refractivity contribution in [1.82, 2.24) is 5.32 Å². The SMILES string of the molecule is Cc1cc2c(cc1CC(=O)NCC(C)CN)OCO2. The number of rotatable bonds is 5. The zero-order chi connectivity index (χ0) is 13.8. The van der Waals surface area contributed by atoms with E-state index >= 15 is 0 Å². The van der Waals surface area contributed by atoms with Gasteiger partial charge >= 0.3 is 0 Å². The second kappa shape index (κ2) is 5.93. The molecule has 2 rings (SSSR count). The molecule has 1 amide bonds. The maximum atomic E-state index is 11.9. The fraction of sp³-hybridized carbons (Fsp3) is 0.500. The molecule has 19 heavy (non-hydrogen) atoms. The minimum absolute atomic E-state index is 0.00210. The number of nitrogens with one attached hydrogen (secondary N) is 1. The molecule has 1 aliphatic heterocycles. The molecule has 5 nitrogen and oxygen atoms in total. The first-order chi connectivity index (χ1) is 9.10. The van der Waals surface area contributed by atoms with E-state index in [4.69, 9.17) is 15.2 Å². The summed E-state index contributed by atoms with van der Waals surface area (Å²) in [5.74, 6) is 1.76. The Morgan fingerprint density at radius 1 is 1.42 bits per heavy atom. The lowest BCUT2D eigenvalue weighted by atomic mass is 10.0. The normalized spacial score (nSPS) is 14.3. The Kier molecular flexibility index (Phi) is 4.27. The number of ether oxygens (including phenoxy) is 2. The Labute approximate surface area is 113 Å². The van der Waals surface area contributed by atoms with Crippen LogP contribution in [0.4, 0.5) is 0 Å². The topological polar surface area (TPSA) is 73.6 Å². The summed E-state index contributed by atoms with van der Waals surface area (Å²) in [6.07, 6.45) is 0.347. The molecule has 0 aliphatic carbocycles. The van der Waals surface area contributed by atoms with Crippen molar-refractivity contribution in [3.05, 3.63) is 23.3 Å². The summed E-state index contributed by atoms with van der Waals surface area (Å²) in [5, 5.41) is 2.89. The zero-order valence-electron chi connectivity index (χ0n) is 11.4. The molecule has 3 N–H and O–H groups in total. The van der Waals surface area contributed by atoms with E-state index in [1.807, 2.05) is 26.0 Å². The molecule has 0 radical (unpaired) electrons. The summed E-state index contributed by atoms with van der Waals surface area (Å²) in [5.41, 5.74) is 7.51. The molecule has 0 fully saturated rings. The number of hydrogen-bond donors (Lipinski definition) is 2. The van der Waals surface area contributed by atoms with Gasteiger partial charge in [0.1, 0.15) is 0 Å². The Balaban J connectivity index is 1.97. The van der Waals surface area contributed by atoms with Gasteiger partial charge in [-0.25, -0.2) is 0 Å². The fourth-order valence-corrected chi connectivity index (χ4v) is 1.88. The third kappa shape index (κ3) is 3.38. The van der Waals surface area contributed by atoms with Crippen molar-refractivity contribution < 1.29 is 14.3 Å². The second-order valence-corrected chi connectivity index (χ2v) is 4.95. The summed E-state index contributed by atoms with van der Waals surface area (Å²) < 4.78 is 10.6. The molecule has 1 aromatic carbocycles. The van der Waals surface area contributed by atoms with Gasteiger partial charge in [-0.3, -0.25) is 4.79 Å². The highest BCUT2D eigenvalue weighted by atomic mass is 16.7. The predicted molar refractivity (Wildman–Crippen MR) is 72.2 cm³/mol. The van der Waals surface area contributed by atoms with Gasteiger partial charge in [0.25, 0.3) is 0 Å². The number of carbonyl (C=O) groups excluding carboxylic acids is 1. The van der Waals surface area contributed by atoms with Crippen LogP contribution in [0.15, 0.2) is 12.1 Å². The zero-order valence-corrected chi connectivity index (χ0v) is 11.4. The third-order valence-corrected chi connectivity index (χ3v) is 3.23. The molecule has 104 valence electrons. The van der Waals surface area contributed by atoms with Gasteiger partial charge in [-0.1, -0.05) is 6.92 Å². The number of fused-ring (bicyclic) bond motifs is 1. The van der Waals surface area contributed by atoms with Crippen LogP contribution in [0.25, 0.3) is 0 Å². The molecule has 1 heterocycles. The maximum Gasteiger partial charge on any atom is 0.231 e. The van der Waals surface area contributed by atoms with Crippen molar-refractivity contribution in [1.29, 1.82) is 0 Å². The minimum Gasteiger partial charge on any atom is -0.454 e. The minimum atomic E-state index is 0.00210. The summed E-state index contributed by atoms with van der Waals surface area (Å²) in [6.45, 7) is 5.40. The average molecular weight is 264 g/mol. The molecule has 1 atom stereocenters. The van der Waals surface area contributed by atoms with Crippen molar-refractivity contribution in [2.75, 3.05) is 19.9 Å². The number of hydrogen-bond acceptors (Lipinski definition) is 4. The smallest absolute Gasteiger partial charge is 0.231 e. The standard InChI is InChI=1S/C14H20N2O3/c1-9(6-15)7-16-14(17)5-11-4-13-12(3-10(11)2)18-8-19-13/h3-4,9H,5-8,15H2,1-2H3,(H,16,17). The van der Waals surface area contributed by atoms with Gasteiger partial charge in [-0.05, 0) is 42.6 Å². The number of aryl methyl sites for hydroxylation is 1. The van der Waals surface area contributed by atoms with Crippen molar-refractivity contribution in [3.8, 4) is 11.5 Å². The number of amides is 1. The third-order valence-electron chi connectivity index (χ3n) is 3.23. The molecule has 0 aromatic heterocycles.